The van der Waals surface area contributed by atoms with Crippen LogP contribution in [0.2, 0.25) is 0 Å². The van der Waals surface area contributed by atoms with Gasteiger partial charge in [0.15, 0.2) is 17.5 Å². The molecule has 9 aromatic rings. The molecule has 0 radical (unpaired) electrons. The van der Waals surface area contributed by atoms with E-state index in [0.717, 1.165) is 71.7 Å². The van der Waals surface area contributed by atoms with E-state index in [0.29, 0.717) is 17.5 Å². The molecule has 9 rings (SSSR count). The SMILES string of the molecule is c1ccc(-c2cccc(-c3nc(-c4cccc5c4oc4ccccc45)nc(-c4cccc5oc6ccccc6c45)n3)c2)cc1. The van der Waals surface area contributed by atoms with Crippen LogP contribution in [0.15, 0.2) is 148 Å². The van der Waals surface area contributed by atoms with Crippen molar-refractivity contribution in [2.24, 2.45) is 0 Å². The molecule has 0 spiro atoms. The first kappa shape index (κ1) is 24.5. The summed E-state index contributed by atoms with van der Waals surface area (Å²) in [4.78, 5) is 15.3. The molecule has 6 aromatic carbocycles. The zero-order valence-corrected chi connectivity index (χ0v) is 23.4. The summed E-state index contributed by atoms with van der Waals surface area (Å²) >= 11 is 0. The molecule has 0 atom stereocenters. The van der Waals surface area contributed by atoms with Crippen LogP contribution < -0.4 is 0 Å². The van der Waals surface area contributed by atoms with E-state index in [9.17, 15) is 0 Å². The molecule has 206 valence electrons. The van der Waals surface area contributed by atoms with Crippen molar-refractivity contribution in [2.75, 3.05) is 0 Å². The lowest BCUT2D eigenvalue weighted by molar-refractivity contribution is 0.668. The Kier molecular flexibility index (Phi) is 5.43. The van der Waals surface area contributed by atoms with Gasteiger partial charge >= 0.3 is 0 Å². The fraction of sp³-hybridized carbons (Fsp3) is 0. The molecular formula is C39H23N3O2. The summed E-state index contributed by atoms with van der Waals surface area (Å²) in [5.41, 5.74) is 8.01. The predicted octanol–water partition coefficient (Wildman–Crippen LogP) is 10.3. The van der Waals surface area contributed by atoms with E-state index in [2.05, 4.69) is 48.5 Å². The van der Waals surface area contributed by atoms with Crippen molar-refractivity contribution in [1.29, 1.82) is 0 Å². The van der Waals surface area contributed by atoms with Gasteiger partial charge in [0.05, 0.1) is 5.56 Å². The third kappa shape index (κ3) is 3.91. The summed E-state index contributed by atoms with van der Waals surface area (Å²) in [6.07, 6.45) is 0. The Bertz CT molecular complexity index is 2510. The standard InChI is InChI=1S/C39H23N3O2/c1-2-11-24(12-3-1)25-13-8-14-26(23-25)37-40-38(30-18-10-22-34-35(30)29-16-5-7-21-33(29)43-34)42-39(41-37)31-19-9-17-28-27-15-4-6-20-32(27)44-36(28)31/h1-23H. The molecule has 0 saturated heterocycles. The molecule has 0 aliphatic rings. The van der Waals surface area contributed by atoms with Gasteiger partial charge in [-0.3, -0.25) is 0 Å². The summed E-state index contributed by atoms with van der Waals surface area (Å²) in [5, 5.41) is 4.08. The van der Waals surface area contributed by atoms with Crippen molar-refractivity contribution >= 4 is 43.9 Å². The highest BCUT2D eigenvalue weighted by Gasteiger charge is 2.20. The Hall–Kier alpha value is -6.07. The van der Waals surface area contributed by atoms with Crippen LogP contribution in [0.1, 0.15) is 0 Å². The Morgan fingerprint density at radius 2 is 0.932 bits per heavy atom. The molecule has 0 amide bonds. The van der Waals surface area contributed by atoms with E-state index >= 15 is 0 Å². The molecule has 3 aromatic heterocycles. The number of benzene rings is 6. The van der Waals surface area contributed by atoms with Crippen LogP contribution in [0.4, 0.5) is 0 Å². The van der Waals surface area contributed by atoms with Gasteiger partial charge in [0.2, 0.25) is 0 Å². The minimum Gasteiger partial charge on any atom is -0.456 e. The molecule has 3 heterocycles. The number of hydrogen-bond donors (Lipinski definition) is 0. The Morgan fingerprint density at radius 1 is 0.364 bits per heavy atom. The lowest BCUT2D eigenvalue weighted by Gasteiger charge is -2.10. The molecule has 0 aliphatic carbocycles. The second-order valence-electron chi connectivity index (χ2n) is 10.8. The normalized spacial score (nSPS) is 11.6. The topological polar surface area (TPSA) is 65.0 Å². The van der Waals surface area contributed by atoms with E-state index in [1.807, 2.05) is 91.0 Å². The van der Waals surface area contributed by atoms with Crippen molar-refractivity contribution in [1.82, 2.24) is 15.0 Å². The first-order chi connectivity index (χ1) is 21.8. The Labute approximate surface area is 252 Å². The lowest BCUT2D eigenvalue weighted by Crippen LogP contribution is -2.00. The molecule has 0 saturated carbocycles. The molecule has 44 heavy (non-hydrogen) atoms. The second kappa shape index (κ2) is 9.75. The van der Waals surface area contributed by atoms with Crippen LogP contribution in [0, 0.1) is 0 Å². The largest absolute Gasteiger partial charge is 0.456 e. The van der Waals surface area contributed by atoms with Gasteiger partial charge in [0.1, 0.15) is 22.3 Å². The van der Waals surface area contributed by atoms with Gasteiger partial charge < -0.3 is 8.83 Å². The highest BCUT2D eigenvalue weighted by Crippen LogP contribution is 2.39. The van der Waals surface area contributed by atoms with Crippen LogP contribution in [-0.4, -0.2) is 15.0 Å². The highest BCUT2D eigenvalue weighted by molar-refractivity contribution is 6.12. The van der Waals surface area contributed by atoms with Crippen LogP contribution in [-0.2, 0) is 0 Å². The second-order valence-corrected chi connectivity index (χ2v) is 10.8. The number of para-hydroxylation sites is 3. The van der Waals surface area contributed by atoms with E-state index in [1.165, 1.54) is 0 Å². The van der Waals surface area contributed by atoms with Crippen LogP contribution in [0.3, 0.4) is 0 Å². The van der Waals surface area contributed by atoms with Gasteiger partial charge in [-0.05, 0) is 41.5 Å². The van der Waals surface area contributed by atoms with Gasteiger partial charge in [-0.15, -0.1) is 0 Å². The van der Waals surface area contributed by atoms with Crippen LogP contribution >= 0.6 is 0 Å². The summed E-state index contributed by atoms with van der Waals surface area (Å²) < 4.78 is 12.6. The maximum absolute atomic E-state index is 6.41. The van der Waals surface area contributed by atoms with Crippen molar-refractivity contribution in [3.05, 3.63) is 140 Å². The maximum Gasteiger partial charge on any atom is 0.167 e. The number of aromatic nitrogens is 3. The Morgan fingerprint density at radius 3 is 1.80 bits per heavy atom. The average molecular weight is 566 g/mol. The molecule has 0 aliphatic heterocycles. The minimum absolute atomic E-state index is 0.546. The van der Waals surface area contributed by atoms with E-state index < -0.39 is 0 Å². The van der Waals surface area contributed by atoms with Gasteiger partial charge in [-0.1, -0.05) is 109 Å². The first-order valence-electron chi connectivity index (χ1n) is 14.5. The van der Waals surface area contributed by atoms with E-state index in [-0.39, 0.29) is 0 Å². The van der Waals surface area contributed by atoms with Crippen molar-refractivity contribution in [3.8, 4) is 45.3 Å². The zero-order valence-electron chi connectivity index (χ0n) is 23.4. The minimum atomic E-state index is 0.546. The smallest absolute Gasteiger partial charge is 0.167 e. The van der Waals surface area contributed by atoms with Gasteiger partial charge in [-0.2, -0.15) is 0 Å². The van der Waals surface area contributed by atoms with Crippen molar-refractivity contribution in [3.63, 3.8) is 0 Å². The maximum atomic E-state index is 6.41. The monoisotopic (exact) mass is 565 g/mol. The average Bonchev–Trinajstić information content (AvgIpc) is 3.67. The summed E-state index contributed by atoms with van der Waals surface area (Å²) in [7, 11) is 0. The lowest BCUT2D eigenvalue weighted by atomic mass is 10.0. The van der Waals surface area contributed by atoms with Crippen LogP contribution in [0.5, 0.6) is 0 Å². The summed E-state index contributed by atoms with van der Waals surface area (Å²) in [6, 6.07) is 47.0. The number of fused-ring (bicyclic) bond motifs is 6. The zero-order chi connectivity index (χ0) is 29.0. The van der Waals surface area contributed by atoms with E-state index in [4.69, 9.17) is 23.8 Å². The van der Waals surface area contributed by atoms with Crippen molar-refractivity contribution < 1.29 is 8.83 Å². The van der Waals surface area contributed by atoms with Gasteiger partial charge in [-0.25, -0.2) is 15.0 Å². The number of hydrogen-bond acceptors (Lipinski definition) is 5. The first-order valence-corrected chi connectivity index (χ1v) is 14.5. The number of furan rings is 2. The van der Waals surface area contributed by atoms with Gasteiger partial charge in [0.25, 0.3) is 0 Å². The fourth-order valence-corrected chi connectivity index (χ4v) is 6.10. The van der Waals surface area contributed by atoms with Crippen LogP contribution in [0.25, 0.3) is 89.2 Å². The molecule has 0 fully saturated rings. The van der Waals surface area contributed by atoms with E-state index in [1.54, 1.807) is 0 Å². The molecule has 0 bridgehead atoms. The van der Waals surface area contributed by atoms with Gasteiger partial charge in [0, 0.05) is 32.7 Å². The number of nitrogens with zero attached hydrogens (tertiary/aromatic N) is 3. The molecule has 0 unspecified atom stereocenters. The fourth-order valence-electron chi connectivity index (χ4n) is 6.10. The van der Waals surface area contributed by atoms with Crippen molar-refractivity contribution in [2.45, 2.75) is 0 Å². The molecule has 0 N–H and O–H groups in total. The predicted molar refractivity (Wildman–Crippen MR) is 176 cm³/mol. The summed E-state index contributed by atoms with van der Waals surface area (Å²) in [5.74, 6) is 1.70. The highest BCUT2D eigenvalue weighted by atomic mass is 16.3. The molecule has 5 heteroatoms. The summed E-state index contributed by atoms with van der Waals surface area (Å²) in [6.45, 7) is 0. The third-order valence-corrected chi connectivity index (χ3v) is 8.15. The number of rotatable bonds is 4. The molecular weight excluding hydrogens is 542 g/mol. The Balaban J connectivity index is 1.32. The third-order valence-electron chi connectivity index (χ3n) is 8.15. The quantitative estimate of drug-likeness (QED) is 0.212. The molecule has 5 nitrogen and oxygen atoms in total.